The topological polar surface area (TPSA) is 61.8 Å². The summed E-state index contributed by atoms with van der Waals surface area (Å²) in [5.74, 6) is -0.236. The summed E-state index contributed by atoms with van der Waals surface area (Å²) in [6.45, 7) is 3.37. The van der Waals surface area contributed by atoms with Gasteiger partial charge < -0.3 is 20.1 Å². The minimum Gasteiger partial charge on any atom is -0.387 e. The molecule has 132 valence electrons. The molecular weight excluding hydrogens is 340 g/mol. The highest BCUT2D eigenvalue weighted by Gasteiger charge is 2.14. The van der Waals surface area contributed by atoms with Crippen molar-refractivity contribution in [3.63, 3.8) is 0 Å². The number of rotatable bonds is 5. The number of amides is 1. The van der Waals surface area contributed by atoms with E-state index in [1.807, 2.05) is 24.3 Å². The normalized spacial score (nSPS) is 15.7. The van der Waals surface area contributed by atoms with E-state index in [0.29, 0.717) is 10.6 Å². The molecule has 0 spiro atoms. The summed E-state index contributed by atoms with van der Waals surface area (Å²) in [5.41, 5.74) is 2.40. The Morgan fingerprint density at radius 2 is 1.76 bits per heavy atom. The number of hydrogen-bond acceptors (Lipinski definition) is 4. The molecule has 6 heteroatoms. The second-order valence-corrected chi connectivity index (χ2v) is 6.36. The highest BCUT2D eigenvalue weighted by molar-refractivity contribution is 6.30. The molecular formula is C19H21ClN2O3. The smallest absolute Gasteiger partial charge is 0.251 e. The summed E-state index contributed by atoms with van der Waals surface area (Å²) >= 11 is 5.81. The Hall–Kier alpha value is -2.08. The fourth-order valence-electron chi connectivity index (χ4n) is 2.74. The first-order chi connectivity index (χ1) is 12.1. The third-order valence-electron chi connectivity index (χ3n) is 4.22. The first-order valence-corrected chi connectivity index (χ1v) is 8.66. The zero-order chi connectivity index (χ0) is 17.6. The highest BCUT2D eigenvalue weighted by Crippen LogP contribution is 2.20. The number of aliphatic hydroxyl groups excluding tert-OH is 1. The number of anilines is 1. The summed E-state index contributed by atoms with van der Waals surface area (Å²) in [4.78, 5) is 14.3. The Morgan fingerprint density at radius 1 is 1.12 bits per heavy atom. The van der Waals surface area contributed by atoms with Crippen LogP contribution in [0.25, 0.3) is 0 Å². The van der Waals surface area contributed by atoms with E-state index in [1.54, 1.807) is 24.3 Å². The van der Waals surface area contributed by atoms with Crippen LogP contribution in [0, 0.1) is 0 Å². The highest BCUT2D eigenvalue weighted by atomic mass is 35.5. The molecule has 0 radical (unpaired) electrons. The molecule has 0 bridgehead atoms. The lowest BCUT2D eigenvalue weighted by atomic mass is 10.1. The van der Waals surface area contributed by atoms with Crippen LogP contribution in [-0.4, -0.2) is 43.9 Å². The van der Waals surface area contributed by atoms with Crippen LogP contribution in [-0.2, 0) is 4.74 Å². The molecule has 2 N–H and O–H groups in total. The van der Waals surface area contributed by atoms with Crippen molar-refractivity contribution >= 4 is 23.2 Å². The largest absolute Gasteiger partial charge is 0.387 e. The van der Waals surface area contributed by atoms with Crippen LogP contribution in [0.3, 0.4) is 0 Å². The Morgan fingerprint density at radius 3 is 2.40 bits per heavy atom. The molecule has 1 unspecified atom stereocenters. The van der Waals surface area contributed by atoms with E-state index in [1.165, 1.54) is 0 Å². The van der Waals surface area contributed by atoms with Crippen molar-refractivity contribution < 1.29 is 14.6 Å². The van der Waals surface area contributed by atoms with E-state index in [9.17, 15) is 9.90 Å². The molecule has 2 aromatic rings. The lowest BCUT2D eigenvalue weighted by Crippen LogP contribution is -2.36. The maximum atomic E-state index is 12.1. The number of morpholine rings is 1. The molecule has 1 saturated heterocycles. The van der Waals surface area contributed by atoms with Gasteiger partial charge in [0.15, 0.2) is 0 Å². The monoisotopic (exact) mass is 360 g/mol. The van der Waals surface area contributed by atoms with Gasteiger partial charge in [-0.2, -0.15) is 0 Å². The van der Waals surface area contributed by atoms with E-state index in [-0.39, 0.29) is 12.5 Å². The minimum absolute atomic E-state index is 0.151. The van der Waals surface area contributed by atoms with Gasteiger partial charge in [-0.15, -0.1) is 0 Å². The van der Waals surface area contributed by atoms with E-state index in [2.05, 4.69) is 10.2 Å². The summed E-state index contributed by atoms with van der Waals surface area (Å²) in [5, 5.41) is 13.6. The molecule has 1 heterocycles. The zero-order valence-corrected chi connectivity index (χ0v) is 14.6. The first kappa shape index (κ1) is 17.7. The summed E-state index contributed by atoms with van der Waals surface area (Å²) in [6, 6.07) is 14.4. The van der Waals surface area contributed by atoms with Crippen LogP contribution in [0.15, 0.2) is 48.5 Å². The molecule has 1 fully saturated rings. The van der Waals surface area contributed by atoms with Gasteiger partial charge in [0.25, 0.3) is 5.91 Å². The number of carbonyl (C=O) groups is 1. The number of hydrogen-bond donors (Lipinski definition) is 2. The third-order valence-corrected chi connectivity index (χ3v) is 4.47. The number of halogens is 1. The lowest BCUT2D eigenvalue weighted by Gasteiger charge is -2.29. The third kappa shape index (κ3) is 4.72. The molecule has 0 saturated carbocycles. The Labute approximate surface area is 152 Å². The number of benzene rings is 2. The number of ether oxygens (including phenoxy) is 1. The van der Waals surface area contributed by atoms with Gasteiger partial charge in [0.1, 0.15) is 0 Å². The van der Waals surface area contributed by atoms with Gasteiger partial charge >= 0.3 is 0 Å². The first-order valence-electron chi connectivity index (χ1n) is 8.28. The van der Waals surface area contributed by atoms with Crippen molar-refractivity contribution in [1.82, 2.24) is 5.32 Å². The number of carbonyl (C=O) groups excluding carboxylic acids is 1. The SMILES string of the molecule is O=C(NCC(O)c1ccc(N2CCOCC2)cc1)c1ccc(Cl)cc1. The average molecular weight is 361 g/mol. The molecule has 1 amide bonds. The fraction of sp³-hybridized carbons (Fsp3) is 0.316. The van der Waals surface area contributed by atoms with Crippen molar-refractivity contribution in [2.45, 2.75) is 6.10 Å². The molecule has 1 aliphatic heterocycles. The van der Waals surface area contributed by atoms with Gasteiger partial charge in [-0.3, -0.25) is 4.79 Å². The molecule has 25 heavy (non-hydrogen) atoms. The van der Waals surface area contributed by atoms with Crippen LogP contribution >= 0.6 is 11.6 Å². The predicted molar refractivity (Wildman–Crippen MR) is 98.2 cm³/mol. The molecule has 1 atom stereocenters. The van der Waals surface area contributed by atoms with Crippen molar-refractivity contribution in [3.8, 4) is 0 Å². The van der Waals surface area contributed by atoms with Crippen LogP contribution in [0.1, 0.15) is 22.0 Å². The predicted octanol–water partition coefficient (Wildman–Crippen LogP) is 2.64. The Balaban J connectivity index is 1.54. The zero-order valence-electron chi connectivity index (χ0n) is 13.8. The van der Waals surface area contributed by atoms with Crippen LogP contribution in [0.5, 0.6) is 0 Å². The lowest BCUT2D eigenvalue weighted by molar-refractivity contribution is 0.0916. The summed E-state index contributed by atoms with van der Waals surface area (Å²) in [6.07, 6.45) is -0.755. The van der Waals surface area contributed by atoms with E-state index in [4.69, 9.17) is 16.3 Å². The van der Waals surface area contributed by atoms with Crippen LogP contribution in [0.2, 0.25) is 5.02 Å². The van der Waals surface area contributed by atoms with Gasteiger partial charge in [-0.25, -0.2) is 0 Å². The van der Waals surface area contributed by atoms with Gasteiger partial charge in [-0.05, 0) is 42.0 Å². The molecule has 3 rings (SSSR count). The van der Waals surface area contributed by atoms with Gasteiger partial charge in [0, 0.05) is 35.9 Å². The standard InChI is InChI=1S/C19H21ClN2O3/c20-16-5-1-15(2-6-16)19(24)21-13-18(23)14-3-7-17(8-4-14)22-9-11-25-12-10-22/h1-8,18,23H,9-13H2,(H,21,24). The van der Waals surface area contributed by atoms with Crippen molar-refractivity contribution in [1.29, 1.82) is 0 Å². The maximum absolute atomic E-state index is 12.1. The minimum atomic E-state index is -0.755. The van der Waals surface area contributed by atoms with Gasteiger partial charge in [0.2, 0.25) is 0 Å². The molecule has 2 aromatic carbocycles. The maximum Gasteiger partial charge on any atom is 0.251 e. The van der Waals surface area contributed by atoms with E-state index in [0.717, 1.165) is 37.6 Å². The second-order valence-electron chi connectivity index (χ2n) is 5.92. The summed E-state index contributed by atoms with van der Waals surface area (Å²) < 4.78 is 5.35. The molecule has 0 aliphatic carbocycles. The second kappa shape index (κ2) is 8.34. The summed E-state index contributed by atoms with van der Waals surface area (Å²) in [7, 11) is 0. The van der Waals surface area contributed by atoms with Crippen molar-refractivity contribution in [2.24, 2.45) is 0 Å². The van der Waals surface area contributed by atoms with E-state index >= 15 is 0 Å². The quantitative estimate of drug-likeness (QED) is 0.860. The Bertz CT molecular complexity index is 698. The van der Waals surface area contributed by atoms with Gasteiger partial charge in [-0.1, -0.05) is 23.7 Å². The molecule has 0 aromatic heterocycles. The van der Waals surface area contributed by atoms with Crippen molar-refractivity contribution in [3.05, 3.63) is 64.7 Å². The Kier molecular flexibility index (Phi) is 5.91. The number of nitrogens with one attached hydrogen (secondary N) is 1. The number of nitrogens with zero attached hydrogens (tertiary/aromatic N) is 1. The number of aliphatic hydroxyl groups is 1. The van der Waals surface area contributed by atoms with Crippen LogP contribution in [0.4, 0.5) is 5.69 Å². The van der Waals surface area contributed by atoms with Gasteiger partial charge in [0.05, 0.1) is 19.3 Å². The average Bonchev–Trinajstić information content (AvgIpc) is 2.67. The molecule has 1 aliphatic rings. The fourth-order valence-corrected chi connectivity index (χ4v) is 2.87. The molecule has 5 nitrogen and oxygen atoms in total. The van der Waals surface area contributed by atoms with Crippen molar-refractivity contribution in [2.75, 3.05) is 37.7 Å². The van der Waals surface area contributed by atoms with E-state index < -0.39 is 6.10 Å². The van der Waals surface area contributed by atoms with Crippen LogP contribution < -0.4 is 10.2 Å².